The van der Waals surface area contributed by atoms with Gasteiger partial charge in [-0.1, -0.05) is 0 Å². The fourth-order valence-electron chi connectivity index (χ4n) is 1.51. The van der Waals surface area contributed by atoms with Crippen molar-refractivity contribution < 1.29 is 19.8 Å². The summed E-state index contributed by atoms with van der Waals surface area (Å²) in [6.45, 7) is 0. The first kappa shape index (κ1) is 12.6. The topological polar surface area (TPSA) is 86.6 Å². The van der Waals surface area contributed by atoms with Crippen LogP contribution >= 0.6 is 0 Å². The smallest absolute Gasteiger partial charge is 0.335 e. The predicted molar refractivity (Wildman–Crippen MR) is 69.5 cm³/mol. The number of aromatic carboxylic acids is 1. The monoisotopic (exact) mass is 257 g/mol. The molecule has 19 heavy (non-hydrogen) atoms. The van der Waals surface area contributed by atoms with Gasteiger partial charge in [0.15, 0.2) is 0 Å². The number of hydrogen-bond acceptors (Lipinski definition) is 3. The van der Waals surface area contributed by atoms with Gasteiger partial charge in [0, 0.05) is 11.3 Å². The minimum absolute atomic E-state index is 0.0855. The summed E-state index contributed by atoms with van der Waals surface area (Å²) in [7, 11) is 0. The maximum atomic E-state index is 11.8. The van der Waals surface area contributed by atoms with Gasteiger partial charge in [0.05, 0.1) is 5.56 Å². The van der Waals surface area contributed by atoms with Gasteiger partial charge in [0.25, 0.3) is 5.91 Å². The molecule has 1 amide bonds. The highest BCUT2D eigenvalue weighted by Gasteiger charge is 2.07. The zero-order valence-corrected chi connectivity index (χ0v) is 9.83. The quantitative estimate of drug-likeness (QED) is 0.787. The van der Waals surface area contributed by atoms with E-state index in [1.807, 2.05) is 0 Å². The lowest BCUT2D eigenvalue weighted by Crippen LogP contribution is -2.11. The van der Waals surface area contributed by atoms with Gasteiger partial charge in [0.1, 0.15) is 5.75 Å². The van der Waals surface area contributed by atoms with Crippen LogP contribution in [0.25, 0.3) is 0 Å². The van der Waals surface area contributed by atoms with Gasteiger partial charge >= 0.3 is 5.97 Å². The molecule has 0 aromatic heterocycles. The number of benzene rings is 2. The molecule has 0 radical (unpaired) electrons. The lowest BCUT2D eigenvalue weighted by atomic mass is 10.2. The number of hydrogen-bond donors (Lipinski definition) is 3. The Labute approximate surface area is 109 Å². The molecule has 2 aromatic rings. The molecule has 0 fully saturated rings. The number of phenolic OH excluding ortho intramolecular Hbond substituents is 1. The van der Waals surface area contributed by atoms with Crippen LogP contribution in [0.4, 0.5) is 5.69 Å². The summed E-state index contributed by atoms with van der Waals surface area (Å²) in [5.41, 5.74) is 1.06. The molecule has 0 aliphatic rings. The summed E-state index contributed by atoms with van der Waals surface area (Å²) in [5.74, 6) is -1.26. The number of anilines is 1. The predicted octanol–water partition coefficient (Wildman–Crippen LogP) is 2.34. The molecule has 5 nitrogen and oxygen atoms in total. The molecule has 2 aromatic carbocycles. The van der Waals surface area contributed by atoms with Crippen LogP contribution in [0.3, 0.4) is 0 Å². The van der Waals surface area contributed by atoms with Crippen molar-refractivity contribution in [2.45, 2.75) is 0 Å². The molecular weight excluding hydrogens is 246 g/mol. The summed E-state index contributed by atoms with van der Waals surface area (Å²) in [4.78, 5) is 22.5. The van der Waals surface area contributed by atoms with Crippen molar-refractivity contribution in [3.8, 4) is 5.75 Å². The number of rotatable bonds is 3. The largest absolute Gasteiger partial charge is 0.508 e. The second-order valence-corrected chi connectivity index (χ2v) is 3.88. The van der Waals surface area contributed by atoms with E-state index in [1.54, 1.807) is 0 Å². The van der Waals surface area contributed by atoms with Gasteiger partial charge in [-0.05, 0) is 48.5 Å². The van der Waals surface area contributed by atoms with E-state index in [9.17, 15) is 9.59 Å². The first-order chi connectivity index (χ1) is 9.06. The lowest BCUT2D eigenvalue weighted by molar-refractivity contribution is 0.0696. The van der Waals surface area contributed by atoms with Crippen molar-refractivity contribution in [3.05, 3.63) is 59.7 Å². The van der Waals surface area contributed by atoms with Crippen LogP contribution in [0.2, 0.25) is 0 Å². The van der Waals surface area contributed by atoms with Crippen LogP contribution in [-0.2, 0) is 0 Å². The number of nitrogens with one attached hydrogen (secondary N) is 1. The Morgan fingerprint density at radius 2 is 1.37 bits per heavy atom. The van der Waals surface area contributed by atoms with Crippen LogP contribution in [0.5, 0.6) is 5.75 Å². The van der Waals surface area contributed by atoms with E-state index in [0.29, 0.717) is 11.3 Å². The van der Waals surface area contributed by atoms with Crippen molar-refractivity contribution in [3.63, 3.8) is 0 Å². The molecule has 0 saturated carbocycles. The SMILES string of the molecule is O=C(O)c1ccc(NC(=O)c2ccc(O)cc2)cc1. The van der Waals surface area contributed by atoms with Crippen molar-refractivity contribution in [2.75, 3.05) is 5.32 Å². The van der Waals surface area contributed by atoms with E-state index in [2.05, 4.69) is 5.32 Å². The van der Waals surface area contributed by atoms with Crippen molar-refractivity contribution in [1.82, 2.24) is 0 Å². The Morgan fingerprint density at radius 1 is 0.842 bits per heavy atom. The molecule has 0 heterocycles. The molecule has 0 atom stereocenters. The fraction of sp³-hybridized carbons (Fsp3) is 0. The highest BCUT2D eigenvalue weighted by Crippen LogP contribution is 2.13. The zero-order chi connectivity index (χ0) is 13.8. The van der Waals surface area contributed by atoms with Crippen LogP contribution in [0.1, 0.15) is 20.7 Å². The number of aromatic hydroxyl groups is 1. The Bertz CT molecular complexity index is 602. The molecule has 0 bridgehead atoms. The molecule has 5 heteroatoms. The van der Waals surface area contributed by atoms with E-state index >= 15 is 0 Å². The second kappa shape index (κ2) is 5.22. The van der Waals surface area contributed by atoms with Crippen LogP contribution in [0, 0.1) is 0 Å². The maximum Gasteiger partial charge on any atom is 0.335 e. The number of carboxylic acids is 1. The van der Waals surface area contributed by atoms with Gasteiger partial charge in [0.2, 0.25) is 0 Å². The summed E-state index contributed by atoms with van der Waals surface area (Å²) in [6, 6.07) is 11.7. The summed E-state index contributed by atoms with van der Waals surface area (Å²) in [6.07, 6.45) is 0. The van der Waals surface area contributed by atoms with E-state index in [4.69, 9.17) is 10.2 Å². The van der Waals surface area contributed by atoms with Crippen LogP contribution in [0.15, 0.2) is 48.5 Å². The molecule has 0 aliphatic carbocycles. The average Bonchev–Trinajstić information content (AvgIpc) is 2.40. The molecular formula is C14H11NO4. The number of carbonyl (C=O) groups excluding carboxylic acids is 1. The van der Waals surface area contributed by atoms with Crippen LogP contribution < -0.4 is 5.32 Å². The third kappa shape index (κ3) is 3.10. The van der Waals surface area contributed by atoms with E-state index in [0.717, 1.165) is 0 Å². The first-order valence-electron chi connectivity index (χ1n) is 5.50. The molecule has 0 saturated heterocycles. The maximum absolute atomic E-state index is 11.8. The summed E-state index contributed by atoms with van der Waals surface area (Å²) < 4.78 is 0. The minimum Gasteiger partial charge on any atom is -0.508 e. The van der Waals surface area contributed by atoms with Crippen molar-refractivity contribution in [2.24, 2.45) is 0 Å². The first-order valence-corrected chi connectivity index (χ1v) is 5.50. The van der Waals surface area contributed by atoms with E-state index < -0.39 is 5.97 Å². The number of carboxylic acid groups (broad SMARTS) is 1. The molecule has 96 valence electrons. The van der Waals surface area contributed by atoms with Gasteiger partial charge in [-0.15, -0.1) is 0 Å². The third-order valence-corrected chi connectivity index (χ3v) is 2.52. The molecule has 0 aliphatic heterocycles. The van der Waals surface area contributed by atoms with Crippen molar-refractivity contribution in [1.29, 1.82) is 0 Å². The number of carbonyl (C=O) groups is 2. The fourth-order valence-corrected chi connectivity index (χ4v) is 1.51. The van der Waals surface area contributed by atoms with Gasteiger partial charge in [-0.25, -0.2) is 4.79 Å². The van der Waals surface area contributed by atoms with Gasteiger partial charge in [-0.2, -0.15) is 0 Å². The number of phenols is 1. The van der Waals surface area contributed by atoms with Crippen LogP contribution in [-0.4, -0.2) is 22.1 Å². The molecule has 2 rings (SSSR count). The molecule has 0 spiro atoms. The Hall–Kier alpha value is -2.82. The molecule has 0 unspecified atom stereocenters. The minimum atomic E-state index is -1.02. The third-order valence-electron chi connectivity index (χ3n) is 2.52. The Kier molecular flexibility index (Phi) is 3.47. The summed E-state index contributed by atoms with van der Waals surface area (Å²) in [5, 5.41) is 20.5. The Balaban J connectivity index is 2.10. The summed E-state index contributed by atoms with van der Waals surface area (Å²) >= 11 is 0. The van der Waals surface area contributed by atoms with Crippen molar-refractivity contribution >= 4 is 17.6 Å². The van der Waals surface area contributed by atoms with E-state index in [-0.39, 0.29) is 17.2 Å². The van der Waals surface area contributed by atoms with Gasteiger partial charge < -0.3 is 15.5 Å². The standard InChI is InChI=1S/C14H11NO4/c16-12-7-3-9(4-8-12)13(17)15-11-5-1-10(2-6-11)14(18)19/h1-8,16H,(H,15,17)(H,18,19). The zero-order valence-electron chi connectivity index (χ0n) is 9.83. The average molecular weight is 257 g/mol. The van der Waals surface area contributed by atoms with E-state index in [1.165, 1.54) is 48.5 Å². The number of amides is 1. The van der Waals surface area contributed by atoms with Gasteiger partial charge in [-0.3, -0.25) is 4.79 Å². The highest BCUT2D eigenvalue weighted by molar-refractivity contribution is 6.04. The normalized spacial score (nSPS) is 9.89. The lowest BCUT2D eigenvalue weighted by Gasteiger charge is -2.05. The second-order valence-electron chi connectivity index (χ2n) is 3.88. The molecule has 3 N–H and O–H groups in total. The highest BCUT2D eigenvalue weighted by atomic mass is 16.4. The Morgan fingerprint density at radius 3 is 1.89 bits per heavy atom.